The van der Waals surface area contributed by atoms with Gasteiger partial charge in [0.15, 0.2) is 0 Å². The van der Waals surface area contributed by atoms with Gasteiger partial charge in [0.2, 0.25) is 0 Å². The van der Waals surface area contributed by atoms with Crippen molar-refractivity contribution in [2.75, 3.05) is 0 Å². The second-order valence-electron chi connectivity index (χ2n) is 3.20. The van der Waals surface area contributed by atoms with Crippen LogP contribution in [0.3, 0.4) is 0 Å². The van der Waals surface area contributed by atoms with Crippen LogP contribution < -0.4 is 5.73 Å². The summed E-state index contributed by atoms with van der Waals surface area (Å²) in [7, 11) is 0. The van der Waals surface area contributed by atoms with Gasteiger partial charge in [0.05, 0.1) is 0 Å². The van der Waals surface area contributed by atoms with Crippen LogP contribution in [0.4, 0.5) is 0 Å². The quantitative estimate of drug-likeness (QED) is 0.617. The van der Waals surface area contributed by atoms with E-state index in [0.717, 1.165) is 6.42 Å². The molecule has 0 amide bonds. The van der Waals surface area contributed by atoms with Crippen LogP contribution in [0.2, 0.25) is 0 Å². The summed E-state index contributed by atoms with van der Waals surface area (Å²) in [6.45, 7) is 0. The summed E-state index contributed by atoms with van der Waals surface area (Å²) in [4.78, 5) is 0. The molecular formula is C11H13N. The van der Waals surface area contributed by atoms with Gasteiger partial charge in [-0.2, -0.15) is 0 Å². The van der Waals surface area contributed by atoms with Gasteiger partial charge >= 0.3 is 0 Å². The minimum absolute atomic E-state index is 1.13. The second kappa shape index (κ2) is 3.02. The van der Waals surface area contributed by atoms with E-state index in [2.05, 4.69) is 24.3 Å². The van der Waals surface area contributed by atoms with E-state index in [1.54, 1.807) is 6.20 Å². The molecule has 12 heavy (non-hydrogen) atoms. The Kier molecular flexibility index (Phi) is 1.86. The fourth-order valence-corrected chi connectivity index (χ4v) is 1.83. The average molecular weight is 159 g/mol. The molecule has 1 nitrogen and oxygen atoms in total. The predicted molar refractivity (Wildman–Crippen MR) is 51.5 cm³/mol. The number of hydrogen-bond donors (Lipinski definition) is 1. The van der Waals surface area contributed by atoms with E-state index in [-0.39, 0.29) is 0 Å². The zero-order valence-electron chi connectivity index (χ0n) is 7.09. The number of benzene rings is 1. The van der Waals surface area contributed by atoms with Gasteiger partial charge in [-0.15, -0.1) is 0 Å². The van der Waals surface area contributed by atoms with Gasteiger partial charge in [0, 0.05) is 0 Å². The predicted octanol–water partition coefficient (Wildman–Crippen LogP) is 2.32. The van der Waals surface area contributed by atoms with Gasteiger partial charge in [-0.25, -0.2) is 0 Å². The van der Waals surface area contributed by atoms with Crippen LogP contribution in [0, 0.1) is 0 Å². The number of fused-ring (bicyclic) bond motifs is 1. The highest BCUT2D eigenvalue weighted by molar-refractivity contribution is 5.69. The molecule has 0 bridgehead atoms. The fraction of sp³-hybridized carbons (Fsp3) is 0.273. The van der Waals surface area contributed by atoms with E-state index in [4.69, 9.17) is 5.73 Å². The molecule has 0 saturated heterocycles. The maximum absolute atomic E-state index is 5.56. The fourth-order valence-electron chi connectivity index (χ4n) is 1.83. The van der Waals surface area contributed by atoms with Crippen molar-refractivity contribution in [3.63, 3.8) is 0 Å². The van der Waals surface area contributed by atoms with E-state index in [1.165, 1.54) is 29.5 Å². The van der Waals surface area contributed by atoms with Crippen LogP contribution >= 0.6 is 0 Å². The molecule has 1 aliphatic rings. The third-order valence-corrected chi connectivity index (χ3v) is 2.46. The van der Waals surface area contributed by atoms with Crippen molar-refractivity contribution < 1.29 is 0 Å². The summed E-state index contributed by atoms with van der Waals surface area (Å²) < 4.78 is 0. The van der Waals surface area contributed by atoms with Crippen molar-refractivity contribution in [2.24, 2.45) is 5.73 Å². The van der Waals surface area contributed by atoms with Gasteiger partial charge in [0.1, 0.15) is 0 Å². The zero-order chi connectivity index (χ0) is 8.39. The van der Waals surface area contributed by atoms with Crippen molar-refractivity contribution in [3.8, 4) is 0 Å². The minimum atomic E-state index is 1.13. The highest BCUT2D eigenvalue weighted by atomic mass is 14.5. The molecule has 1 aromatic rings. The molecule has 1 heteroatoms. The number of hydrogen-bond acceptors (Lipinski definition) is 1. The molecule has 0 saturated carbocycles. The summed E-state index contributed by atoms with van der Waals surface area (Å²) in [5, 5.41) is 0. The Hall–Kier alpha value is -1.24. The Bertz CT molecular complexity index is 313. The van der Waals surface area contributed by atoms with Gasteiger partial charge in [0.25, 0.3) is 0 Å². The number of rotatable bonds is 0. The molecule has 1 aromatic carbocycles. The van der Waals surface area contributed by atoms with Crippen molar-refractivity contribution >= 4 is 5.57 Å². The molecule has 1 aliphatic carbocycles. The number of allylic oxidation sites excluding steroid dienone is 1. The average Bonchev–Trinajstić information content (AvgIpc) is 2.17. The number of aryl methyl sites for hydroxylation is 1. The molecule has 0 aliphatic heterocycles. The Morgan fingerprint density at radius 1 is 1.17 bits per heavy atom. The summed E-state index contributed by atoms with van der Waals surface area (Å²) in [5.41, 5.74) is 9.66. The lowest BCUT2D eigenvalue weighted by Crippen LogP contribution is -2.02. The Morgan fingerprint density at radius 2 is 2.00 bits per heavy atom. The van der Waals surface area contributed by atoms with Gasteiger partial charge < -0.3 is 5.73 Å². The monoisotopic (exact) mass is 159 g/mol. The first kappa shape index (κ1) is 7.41. The maximum Gasteiger partial charge on any atom is -0.00236 e. The van der Waals surface area contributed by atoms with E-state index in [0.29, 0.717) is 0 Å². The molecule has 2 N–H and O–H groups in total. The van der Waals surface area contributed by atoms with Gasteiger partial charge in [-0.3, -0.25) is 0 Å². The third-order valence-electron chi connectivity index (χ3n) is 2.46. The van der Waals surface area contributed by atoms with E-state index in [9.17, 15) is 0 Å². The van der Waals surface area contributed by atoms with Crippen molar-refractivity contribution in [1.82, 2.24) is 0 Å². The molecular weight excluding hydrogens is 146 g/mol. The van der Waals surface area contributed by atoms with Crippen LogP contribution in [0.15, 0.2) is 30.5 Å². The van der Waals surface area contributed by atoms with E-state index >= 15 is 0 Å². The van der Waals surface area contributed by atoms with Crippen LogP contribution in [0.5, 0.6) is 0 Å². The Morgan fingerprint density at radius 3 is 2.83 bits per heavy atom. The first-order valence-electron chi connectivity index (χ1n) is 4.41. The Balaban J connectivity index is 2.51. The standard InChI is InChI=1S/C11H13N/c12-8-10-6-3-5-9-4-1-2-7-11(9)10/h1-2,4,7-8H,3,5-6,12H2. The van der Waals surface area contributed by atoms with Crippen molar-refractivity contribution in [2.45, 2.75) is 19.3 Å². The van der Waals surface area contributed by atoms with Crippen LogP contribution in [-0.2, 0) is 6.42 Å². The largest absolute Gasteiger partial charge is 0.404 e. The van der Waals surface area contributed by atoms with Crippen molar-refractivity contribution in [3.05, 3.63) is 41.6 Å². The second-order valence-corrected chi connectivity index (χ2v) is 3.20. The zero-order valence-corrected chi connectivity index (χ0v) is 7.09. The third kappa shape index (κ3) is 1.11. The number of nitrogens with two attached hydrogens (primary N) is 1. The molecule has 0 radical (unpaired) electrons. The van der Waals surface area contributed by atoms with E-state index in [1.807, 2.05) is 0 Å². The van der Waals surface area contributed by atoms with Crippen LogP contribution in [0.1, 0.15) is 24.0 Å². The minimum Gasteiger partial charge on any atom is -0.404 e. The molecule has 0 heterocycles. The lowest BCUT2D eigenvalue weighted by Gasteiger charge is -2.17. The maximum atomic E-state index is 5.56. The summed E-state index contributed by atoms with van der Waals surface area (Å²) in [6.07, 6.45) is 5.32. The van der Waals surface area contributed by atoms with Gasteiger partial charge in [-0.05, 0) is 42.2 Å². The lowest BCUT2D eigenvalue weighted by atomic mass is 9.88. The molecule has 0 spiro atoms. The lowest BCUT2D eigenvalue weighted by molar-refractivity contribution is 0.821. The first-order valence-corrected chi connectivity index (χ1v) is 4.41. The summed E-state index contributed by atoms with van der Waals surface area (Å²) in [6, 6.07) is 8.52. The van der Waals surface area contributed by atoms with Crippen molar-refractivity contribution in [1.29, 1.82) is 0 Å². The van der Waals surface area contributed by atoms with Crippen LogP contribution in [-0.4, -0.2) is 0 Å². The highest BCUT2D eigenvalue weighted by Crippen LogP contribution is 2.29. The topological polar surface area (TPSA) is 26.0 Å². The molecule has 2 rings (SSSR count). The highest BCUT2D eigenvalue weighted by Gasteiger charge is 2.11. The smallest absolute Gasteiger partial charge is 0.00236 e. The molecule has 0 aromatic heterocycles. The molecule has 0 fully saturated rings. The molecule has 0 unspecified atom stereocenters. The SMILES string of the molecule is NC=C1CCCc2ccccc21. The normalized spacial score (nSPS) is 19.2. The summed E-state index contributed by atoms with van der Waals surface area (Å²) >= 11 is 0. The Labute approximate surface area is 72.9 Å². The van der Waals surface area contributed by atoms with Gasteiger partial charge in [-0.1, -0.05) is 24.3 Å². The first-order chi connectivity index (χ1) is 5.92. The molecule has 0 atom stereocenters. The summed E-state index contributed by atoms with van der Waals surface area (Å²) in [5.74, 6) is 0. The van der Waals surface area contributed by atoms with E-state index < -0.39 is 0 Å². The molecule has 62 valence electrons. The van der Waals surface area contributed by atoms with Crippen LogP contribution in [0.25, 0.3) is 5.57 Å².